The third kappa shape index (κ3) is 3.46. The zero-order valence-corrected chi connectivity index (χ0v) is 9.91. The van der Waals surface area contributed by atoms with Crippen LogP contribution in [0.3, 0.4) is 0 Å². The lowest BCUT2D eigenvalue weighted by Gasteiger charge is -2.01. The van der Waals surface area contributed by atoms with E-state index in [-0.39, 0.29) is 5.91 Å². The highest BCUT2D eigenvalue weighted by Crippen LogP contribution is 2.12. The van der Waals surface area contributed by atoms with Crippen molar-refractivity contribution >= 4 is 34.7 Å². The molecule has 3 nitrogen and oxygen atoms in total. The first-order valence-electron chi connectivity index (χ1n) is 5.12. The fourth-order valence-corrected chi connectivity index (χ4v) is 1.91. The van der Waals surface area contributed by atoms with Gasteiger partial charge in [-0.1, -0.05) is 6.07 Å². The first kappa shape index (κ1) is 11.4. The van der Waals surface area contributed by atoms with Gasteiger partial charge in [-0.15, -0.1) is 11.3 Å². The number of hydrogen-bond donors (Lipinski definition) is 2. The highest BCUT2D eigenvalue weighted by atomic mass is 32.1. The molecule has 3 N–H and O–H groups in total. The number of thiophene rings is 1. The summed E-state index contributed by atoms with van der Waals surface area (Å²) in [5.41, 5.74) is 6.97. The van der Waals surface area contributed by atoms with E-state index in [2.05, 4.69) is 5.32 Å². The standard InChI is InChI=1S/C13H12N2OS/c14-10-3-5-11(6-4-10)15-13(16)8-7-12-2-1-9-17-12/h1-9H,14H2,(H,15,16)/b8-7+. The lowest BCUT2D eigenvalue weighted by atomic mass is 10.3. The molecule has 86 valence electrons. The molecule has 0 aliphatic rings. The van der Waals surface area contributed by atoms with E-state index >= 15 is 0 Å². The maximum Gasteiger partial charge on any atom is 0.248 e. The van der Waals surface area contributed by atoms with Gasteiger partial charge in [-0.2, -0.15) is 0 Å². The maximum atomic E-state index is 11.6. The van der Waals surface area contributed by atoms with Crippen molar-refractivity contribution in [1.82, 2.24) is 0 Å². The Hall–Kier alpha value is -2.07. The molecule has 1 aromatic heterocycles. The second-order valence-electron chi connectivity index (χ2n) is 3.46. The van der Waals surface area contributed by atoms with Crippen LogP contribution in [0.4, 0.5) is 11.4 Å². The topological polar surface area (TPSA) is 55.1 Å². The van der Waals surface area contributed by atoms with Crippen molar-refractivity contribution < 1.29 is 4.79 Å². The summed E-state index contributed by atoms with van der Waals surface area (Å²) >= 11 is 1.59. The predicted octanol–water partition coefficient (Wildman–Crippen LogP) is 2.98. The van der Waals surface area contributed by atoms with Crippen molar-refractivity contribution in [3.8, 4) is 0 Å². The molecule has 0 atom stereocenters. The number of carbonyl (C=O) groups is 1. The van der Waals surface area contributed by atoms with Gasteiger partial charge in [0.05, 0.1) is 0 Å². The molecule has 2 aromatic rings. The highest BCUT2D eigenvalue weighted by molar-refractivity contribution is 7.10. The molecule has 1 amide bonds. The summed E-state index contributed by atoms with van der Waals surface area (Å²) in [5, 5.41) is 4.72. The third-order valence-corrected chi connectivity index (χ3v) is 2.96. The normalized spacial score (nSPS) is 10.6. The molecule has 0 radical (unpaired) electrons. The van der Waals surface area contributed by atoms with Crippen LogP contribution in [0, 0.1) is 0 Å². The number of hydrogen-bond acceptors (Lipinski definition) is 3. The minimum absolute atomic E-state index is 0.150. The Kier molecular flexibility index (Phi) is 3.57. The smallest absolute Gasteiger partial charge is 0.248 e. The number of carbonyl (C=O) groups excluding carboxylic acids is 1. The van der Waals surface area contributed by atoms with Gasteiger partial charge in [-0.3, -0.25) is 4.79 Å². The van der Waals surface area contributed by atoms with Crippen molar-refractivity contribution in [1.29, 1.82) is 0 Å². The predicted molar refractivity (Wildman–Crippen MR) is 72.8 cm³/mol. The van der Waals surface area contributed by atoms with Crippen LogP contribution >= 0.6 is 11.3 Å². The van der Waals surface area contributed by atoms with Crippen molar-refractivity contribution in [2.45, 2.75) is 0 Å². The fourth-order valence-electron chi connectivity index (χ4n) is 1.29. The van der Waals surface area contributed by atoms with Crippen LogP contribution in [-0.2, 0) is 4.79 Å². The Bertz CT molecular complexity index is 515. The van der Waals surface area contributed by atoms with Gasteiger partial charge in [0, 0.05) is 22.3 Å². The average molecular weight is 244 g/mol. The molecule has 0 unspecified atom stereocenters. The van der Waals surface area contributed by atoms with E-state index in [0.717, 1.165) is 10.6 Å². The lowest BCUT2D eigenvalue weighted by molar-refractivity contribution is -0.111. The molecule has 0 aliphatic carbocycles. The molecule has 1 heterocycles. The minimum atomic E-state index is -0.150. The zero-order valence-electron chi connectivity index (χ0n) is 9.09. The van der Waals surface area contributed by atoms with Crippen LogP contribution in [0.1, 0.15) is 4.88 Å². The van der Waals surface area contributed by atoms with Crippen LogP contribution in [0.2, 0.25) is 0 Å². The summed E-state index contributed by atoms with van der Waals surface area (Å²) in [7, 11) is 0. The Balaban J connectivity index is 1.95. The number of benzene rings is 1. The number of nitrogen functional groups attached to an aromatic ring is 1. The number of nitrogens with two attached hydrogens (primary N) is 1. The Morgan fingerprint density at radius 1 is 1.24 bits per heavy atom. The minimum Gasteiger partial charge on any atom is -0.399 e. The molecular weight excluding hydrogens is 232 g/mol. The molecule has 0 aliphatic heterocycles. The monoisotopic (exact) mass is 244 g/mol. The van der Waals surface area contributed by atoms with E-state index < -0.39 is 0 Å². The van der Waals surface area contributed by atoms with Crippen LogP contribution in [0.15, 0.2) is 47.9 Å². The van der Waals surface area contributed by atoms with E-state index in [1.165, 1.54) is 6.08 Å². The van der Waals surface area contributed by atoms with Gasteiger partial charge in [0.15, 0.2) is 0 Å². The number of amides is 1. The van der Waals surface area contributed by atoms with Gasteiger partial charge in [0.25, 0.3) is 0 Å². The summed E-state index contributed by atoms with van der Waals surface area (Å²) in [4.78, 5) is 12.6. The Labute approximate surface area is 104 Å². The van der Waals surface area contributed by atoms with Crippen molar-refractivity contribution in [3.63, 3.8) is 0 Å². The molecule has 0 saturated carbocycles. The van der Waals surface area contributed by atoms with Crippen LogP contribution in [0.25, 0.3) is 6.08 Å². The lowest BCUT2D eigenvalue weighted by Crippen LogP contribution is -2.07. The van der Waals surface area contributed by atoms with Gasteiger partial charge in [-0.25, -0.2) is 0 Å². The van der Waals surface area contributed by atoms with E-state index in [1.54, 1.807) is 41.7 Å². The summed E-state index contributed by atoms with van der Waals surface area (Å²) in [6.45, 7) is 0. The summed E-state index contributed by atoms with van der Waals surface area (Å²) < 4.78 is 0. The number of anilines is 2. The highest BCUT2D eigenvalue weighted by Gasteiger charge is 1.97. The molecule has 1 aromatic carbocycles. The summed E-state index contributed by atoms with van der Waals surface area (Å²) in [6.07, 6.45) is 3.31. The van der Waals surface area contributed by atoms with Crippen molar-refractivity contribution in [2.75, 3.05) is 11.1 Å². The van der Waals surface area contributed by atoms with E-state index in [0.29, 0.717) is 5.69 Å². The molecule has 0 saturated heterocycles. The Morgan fingerprint density at radius 3 is 2.65 bits per heavy atom. The van der Waals surface area contributed by atoms with Gasteiger partial charge < -0.3 is 11.1 Å². The van der Waals surface area contributed by atoms with E-state index in [4.69, 9.17) is 5.73 Å². The van der Waals surface area contributed by atoms with E-state index in [1.807, 2.05) is 17.5 Å². The second kappa shape index (κ2) is 5.32. The van der Waals surface area contributed by atoms with Crippen molar-refractivity contribution in [3.05, 3.63) is 52.7 Å². The number of rotatable bonds is 3. The maximum absolute atomic E-state index is 11.6. The molecule has 0 fully saturated rings. The van der Waals surface area contributed by atoms with Crippen LogP contribution < -0.4 is 11.1 Å². The molecular formula is C13H12N2OS. The zero-order chi connectivity index (χ0) is 12.1. The number of nitrogens with one attached hydrogen (secondary N) is 1. The SMILES string of the molecule is Nc1ccc(NC(=O)/C=C/c2cccs2)cc1. The fraction of sp³-hybridized carbons (Fsp3) is 0. The first-order valence-corrected chi connectivity index (χ1v) is 6.00. The van der Waals surface area contributed by atoms with Crippen LogP contribution in [0.5, 0.6) is 0 Å². The van der Waals surface area contributed by atoms with Crippen LogP contribution in [-0.4, -0.2) is 5.91 Å². The van der Waals surface area contributed by atoms with Gasteiger partial charge >= 0.3 is 0 Å². The Morgan fingerprint density at radius 2 is 2.00 bits per heavy atom. The third-order valence-electron chi connectivity index (χ3n) is 2.12. The summed E-state index contributed by atoms with van der Waals surface area (Å²) in [6, 6.07) is 10.9. The summed E-state index contributed by atoms with van der Waals surface area (Å²) in [5.74, 6) is -0.150. The molecule has 2 rings (SSSR count). The molecule has 0 spiro atoms. The van der Waals surface area contributed by atoms with Gasteiger partial charge in [0.1, 0.15) is 0 Å². The first-order chi connectivity index (χ1) is 8.24. The van der Waals surface area contributed by atoms with Crippen molar-refractivity contribution in [2.24, 2.45) is 0 Å². The van der Waals surface area contributed by atoms with Gasteiger partial charge in [0.2, 0.25) is 5.91 Å². The van der Waals surface area contributed by atoms with Gasteiger partial charge in [-0.05, 0) is 41.8 Å². The molecule has 17 heavy (non-hydrogen) atoms. The largest absolute Gasteiger partial charge is 0.399 e. The quantitative estimate of drug-likeness (QED) is 0.644. The van der Waals surface area contributed by atoms with E-state index in [9.17, 15) is 4.79 Å². The molecule has 0 bridgehead atoms. The second-order valence-corrected chi connectivity index (χ2v) is 4.44. The average Bonchev–Trinajstić information content (AvgIpc) is 2.83. The molecule has 4 heteroatoms.